The second-order valence-corrected chi connectivity index (χ2v) is 6.28. The number of hydrogen-bond donors (Lipinski definition) is 1. The van der Waals surface area contributed by atoms with E-state index in [-0.39, 0.29) is 0 Å². The van der Waals surface area contributed by atoms with Crippen molar-refractivity contribution in [2.24, 2.45) is 0 Å². The molecule has 1 N–H and O–H groups in total. The molecule has 2 nitrogen and oxygen atoms in total. The minimum Gasteiger partial charge on any atom is -0.380 e. The number of thiophene rings is 1. The highest BCUT2D eigenvalue weighted by molar-refractivity contribution is 9.11. The zero-order valence-corrected chi connectivity index (χ0v) is 12.4. The summed E-state index contributed by atoms with van der Waals surface area (Å²) in [5.74, 6) is 0. The van der Waals surface area contributed by atoms with Gasteiger partial charge in [0.25, 0.3) is 0 Å². The lowest BCUT2D eigenvalue weighted by Crippen LogP contribution is -2.22. The van der Waals surface area contributed by atoms with Crippen LogP contribution in [-0.2, 0) is 4.74 Å². The van der Waals surface area contributed by atoms with Crippen molar-refractivity contribution >= 4 is 27.3 Å². The van der Waals surface area contributed by atoms with E-state index >= 15 is 0 Å². The smallest absolute Gasteiger partial charge is 0.0701 e. The molecule has 0 saturated heterocycles. The van der Waals surface area contributed by atoms with Crippen molar-refractivity contribution in [3.8, 4) is 0 Å². The third-order valence-corrected chi connectivity index (χ3v) is 4.17. The van der Waals surface area contributed by atoms with Crippen LogP contribution in [0.25, 0.3) is 0 Å². The van der Waals surface area contributed by atoms with Crippen molar-refractivity contribution in [2.75, 3.05) is 19.8 Å². The van der Waals surface area contributed by atoms with Gasteiger partial charge in [0.05, 0.1) is 10.4 Å². The molecule has 0 aliphatic rings. The molecule has 1 atom stereocenters. The van der Waals surface area contributed by atoms with Crippen LogP contribution in [0, 0.1) is 0 Å². The summed E-state index contributed by atoms with van der Waals surface area (Å²) in [6, 6.07) is 4.66. The molecule has 1 aromatic heterocycles. The van der Waals surface area contributed by atoms with Crippen LogP contribution >= 0.6 is 27.3 Å². The third kappa shape index (κ3) is 5.43. The van der Waals surface area contributed by atoms with E-state index in [4.69, 9.17) is 4.74 Å². The molecule has 4 heteroatoms. The summed E-state index contributed by atoms with van der Waals surface area (Å²) >= 11 is 5.26. The average molecular weight is 306 g/mol. The lowest BCUT2D eigenvalue weighted by molar-refractivity contribution is 0.131. The zero-order chi connectivity index (χ0) is 11.8. The molecule has 92 valence electrons. The average Bonchev–Trinajstić information content (AvgIpc) is 2.70. The first-order valence-electron chi connectivity index (χ1n) is 5.80. The fourth-order valence-electron chi connectivity index (χ4n) is 1.36. The normalized spacial score (nSPS) is 12.9. The molecule has 16 heavy (non-hydrogen) atoms. The summed E-state index contributed by atoms with van der Waals surface area (Å²) in [6.07, 6.45) is 2.36. The van der Waals surface area contributed by atoms with Gasteiger partial charge in [-0.25, -0.2) is 0 Å². The van der Waals surface area contributed by atoms with Crippen molar-refractivity contribution in [2.45, 2.75) is 32.7 Å². The van der Waals surface area contributed by atoms with E-state index in [2.05, 4.69) is 47.2 Å². The van der Waals surface area contributed by atoms with Crippen LogP contribution in [0.1, 0.15) is 37.6 Å². The van der Waals surface area contributed by atoms with Gasteiger partial charge in [-0.05, 0) is 41.4 Å². The Balaban J connectivity index is 2.09. The summed E-state index contributed by atoms with van der Waals surface area (Å²) in [6.45, 7) is 6.97. The van der Waals surface area contributed by atoms with Crippen molar-refractivity contribution in [3.05, 3.63) is 20.8 Å². The molecule has 1 heterocycles. The predicted octanol–water partition coefficient (Wildman–Crippen LogP) is 3.98. The van der Waals surface area contributed by atoms with Gasteiger partial charge in [0.15, 0.2) is 0 Å². The van der Waals surface area contributed by atoms with Crippen LogP contribution in [0.15, 0.2) is 15.9 Å². The van der Waals surface area contributed by atoms with Crippen LogP contribution in [-0.4, -0.2) is 19.8 Å². The van der Waals surface area contributed by atoms with Crippen molar-refractivity contribution in [3.63, 3.8) is 0 Å². The van der Waals surface area contributed by atoms with Crippen LogP contribution < -0.4 is 5.32 Å². The maximum absolute atomic E-state index is 5.50. The number of ether oxygens (including phenoxy) is 1. The van der Waals surface area contributed by atoms with Crippen LogP contribution in [0.3, 0.4) is 0 Å². The van der Waals surface area contributed by atoms with E-state index in [0.717, 1.165) is 26.2 Å². The van der Waals surface area contributed by atoms with E-state index in [1.165, 1.54) is 15.1 Å². The minimum absolute atomic E-state index is 0.408. The Labute approximate surface area is 111 Å². The predicted molar refractivity (Wildman–Crippen MR) is 74.2 cm³/mol. The maximum Gasteiger partial charge on any atom is 0.0701 e. The molecule has 0 aliphatic carbocycles. The fourth-order valence-corrected chi connectivity index (χ4v) is 2.81. The lowest BCUT2D eigenvalue weighted by atomic mass is 10.3. The van der Waals surface area contributed by atoms with Crippen molar-refractivity contribution in [1.82, 2.24) is 5.32 Å². The Morgan fingerprint density at radius 3 is 2.88 bits per heavy atom. The monoisotopic (exact) mass is 305 g/mol. The molecule has 0 amide bonds. The topological polar surface area (TPSA) is 21.3 Å². The fraction of sp³-hybridized carbons (Fsp3) is 0.667. The number of hydrogen-bond acceptors (Lipinski definition) is 3. The molecule has 1 unspecified atom stereocenters. The van der Waals surface area contributed by atoms with Crippen LogP contribution in [0.4, 0.5) is 0 Å². The van der Waals surface area contributed by atoms with Gasteiger partial charge < -0.3 is 10.1 Å². The molecule has 0 spiro atoms. The third-order valence-electron chi connectivity index (χ3n) is 2.36. The van der Waals surface area contributed by atoms with E-state index < -0.39 is 0 Å². The summed E-state index contributed by atoms with van der Waals surface area (Å²) in [5, 5.41) is 3.45. The molecule has 0 aromatic carbocycles. The number of unbranched alkanes of at least 4 members (excludes halogenated alkanes) is 1. The van der Waals surface area contributed by atoms with Gasteiger partial charge in [0, 0.05) is 24.1 Å². The summed E-state index contributed by atoms with van der Waals surface area (Å²) < 4.78 is 6.69. The highest BCUT2D eigenvalue weighted by Crippen LogP contribution is 2.26. The summed E-state index contributed by atoms with van der Waals surface area (Å²) in [4.78, 5) is 1.36. The van der Waals surface area contributed by atoms with Gasteiger partial charge in [-0.15, -0.1) is 11.3 Å². The lowest BCUT2D eigenvalue weighted by Gasteiger charge is -2.11. The molecule has 1 aromatic rings. The van der Waals surface area contributed by atoms with E-state index in [0.29, 0.717) is 6.04 Å². The Hall–Kier alpha value is 0.1000. The second-order valence-electron chi connectivity index (χ2n) is 3.78. The standard InChI is InChI=1S/C12H20BrNOS/c1-3-4-8-15-9-7-14-10(2)11-5-6-12(13)16-11/h5-6,10,14H,3-4,7-9H2,1-2H3. The summed E-state index contributed by atoms with van der Waals surface area (Å²) in [7, 11) is 0. The molecular formula is C12H20BrNOS. The SMILES string of the molecule is CCCCOCCNC(C)c1ccc(Br)s1. The van der Waals surface area contributed by atoms with Crippen LogP contribution in [0.5, 0.6) is 0 Å². The first-order valence-corrected chi connectivity index (χ1v) is 7.41. The van der Waals surface area contributed by atoms with E-state index in [1.54, 1.807) is 11.3 Å². The molecule has 1 rings (SSSR count). The molecule has 0 bridgehead atoms. The Morgan fingerprint density at radius 2 is 2.25 bits per heavy atom. The minimum atomic E-state index is 0.408. The maximum atomic E-state index is 5.50. The van der Waals surface area contributed by atoms with Gasteiger partial charge in [-0.2, -0.15) is 0 Å². The zero-order valence-electron chi connectivity index (χ0n) is 9.96. The van der Waals surface area contributed by atoms with E-state index in [1.807, 2.05) is 0 Å². The molecule has 0 radical (unpaired) electrons. The Kier molecular flexibility index (Phi) is 7.28. The molecule has 0 saturated carbocycles. The largest absolute Gasteiger partial charge is 0.380 e. The molecule has 0 aliphatic heterocycles. The van der Waals surface area contributed by atoms with Gasteiger partial charge in [-0.3, -0.25) is 0 Å². The van der Waals surface area contributed by atoms with Gasteiger partial charge in [-0.1, -0.05) is 13.3 Å². The van der Waals surface area contributed by atoms with Crippen molar-refractivity contribution in [1.29, 1.82) is 0 Å². The van der Waals surface area contributed by atoms with Crippen LogP contribution in [0.2, 0.25) is 0 Å². The number of nitrogens with one attached hydrogen (secondary N) is 1. The van der Waals surface area contributed by atoms with E-state index in [9.17, 15) is 0 Å². The molecule has 0 fully saturated rings. The highest BCUT2D eigenvalue weighted by atomic mass is 79.9. The van der Waals surface area contributed by atoms with Gasteiger partial charge in [0.2, 0.25) is 0 Å². The van der Waals surface area contributed by atoms with Gasteiger partial charge >= 0.3 is 0 Å². The van der Waals surface area contributed by atoms with Crippen molar-refractivity contribution < 1.29 is 4.74 Å². The Morgan fingerprint density at radius 1 is 1.44 bits per heavy atom. The van der Waals surface area contributed by atoms with Gasteiger partial charge in [0.1, 0.15) is 0 Å². The first kappa shape index (κ1) is 14.2. The second kappa shape index (κ2) is 8.23. The Bertz CT molecular complexity index is 290. The number of halogens is 1. The molecular weight excluding hydrogens is 286 g/mol. The summed E-state index contributed by atoms with van der Waals surface area (Å²) in [5.41, 5.74) is 0. The number of rotatable bonds is 8. The quantitative estimate of drug-likeness (QED) is 0.734. The first-order chi connectivity index (χ1) is 7.74. The highest BCUT2D eigenvalue weighted by Gasteiger charge is 2.06.